The van der Waals surface area contributed by atoms with Crippen molar-refractivity contribution >= 4 is 23.2 Å². The van der Waals surface area contributed by atoms with Crippen molar-refractivity contribution in [1.29, 1.82) is 0 Å². The van der Waals surface area contributed by atoms with Gasteiger partial charge >= 0.3 is 0 Å². The van der Waals surface area contributed by atoms with Gasteiger partial charge in [0.05, 0.1) is 11.9 Å². The molecule has 130 valence electrons. The van der Waals surface area contributed by atoms with Crippen molar-refractivity contribution in [2.75, 3.05) is 11.1 Å². The molecule has 0 aliphatic carbocycles. The molecule has 1 amide bonds. The van der Waals surface area contributed by atoms with Gasteiger partial charge in [-0.1, -0.05) is 12.1 Å². The number of nitrogens with two attached hydrogens (primary N) is 1. The molecule has 0 saturated heterocycles. The summed E-state index contributed by atoms with van der Waals surface area (Å²) in [7, 11) is 0. The van der Waals surface area contributed by atoms with Crippen LogP contribution in [0.2, 0.25) is 0 Å². The Hall–Kier alpha value is -3.75. The molecule has 9 heteroatoms. The zero-order chi connectivity index (χ0) is 18.3. The van der Waals surface area contributed by atoms with Crippen molar-refractivity contribution in [2.24, 2.45) is 0 Å². The maximum absolute atomic E-state index is 14.1. The van der Waals surface area contributed by atoms with Crippen LogP contribution in [-0.4, -0.2) is 30.3 Å². The molecule has 0 fully saturated rings. The molecule has 8 nitrogen and oxygen atoms in total. The Morgan fingerprint density at radius 1 is 1.27 bits per heavy atom. The molecule has 0 saturated carbocycles. The number of anilines is 2. The van der Waals surface area contributed by atoms with Crippen LogP contribution in [0.25, 0.3) is 11.3 Å². The molecule has 0 aliphatic heterocycles. The average molecular weight is 351 g/mol. The molecule has 0 atom stereocenters. The van der Waals surface area contributed by atoms with Crippen molar-refractivity contribution < 1.29 is 9.18 Å². The number of benzene rings is 1. The van der Waals surface area contributed by atoms with E-state index in [9.17, 15) is 9.18 Å². The van der Waals surface area contributed by atoms with Gasteiger partial charge in [-0.05, 0) is 25.1 Å². The standard InChI is InChI=1S/C17H14FN7O/c1-10-8-15(25(23-10)13-5-3-2-4-12(13)18)22-17(26)11-9-20-24-7-6-14(19)21-16(11)24/h2-9H,1H3,(H2,19,21)(H,22,26). The summed E-state index contributed by atoms with van der Waals surface area (Å²) < 4.78 is 16.9. The number of nitrogens with one attached hydrogen (secondary N) is 1. The first kappa shape index (κ1) is 15.8. The van der Waals surface area contributed by atoms with Gasteiger partial charge in [-0.3, -0.25) is 4.79 Å². The lowest BCUT2D eigenvalue weighted by Crippen LogP contribution is -2.16. The lowest BCUT2D eigenvalue weighted by Gasteiger charge is -2.09. The highest BCUT2D eigenvalue weighted by Gasteiger charge is 2.18. The fourth-order valence-electron chi connectivity index (χ4n) is 2.62. The highest BCUT2D eigenvalue weighted by Crippen LogP contribution is 2.21. The van der Waals surface area contributed by atoms with Gasteiger partial charge in [0.1, 0.15) is 28.7 Å². The second-order valence-corrected chi connectivity index (χ2v) is 5.67. The summed E-state index contributed by atoms with van der Waals surface area (Å²) in [6.45, 7) is 1.75. The van der Waals surface area contributed by atoms with Crippen molar-refractivity contribution in [3.8, 4) is 5.69 Å². The van der Waals surface area contributed by atoms with Crippen molar-refractivity contribution in [2.45, 2.75) is 6.92 Å². The van der Waals surface area contributed by atoms with Gasteiger partial charge in [-0.25, -0.2) is 18.6 Å². The minimum Gasteiger partial charge on any atom is -0.384 e. The smallest absolute Gasteiger partial charge is 0.262 e. The average Bonchev–Trinajstić information content (AvgIpc) is 3.18. The number of hydrogen-bond donors (Lipinski definition) is 2. The minimum absolute atomic E-state index is 0.234. The number of hydrogen-bond acceptors (Lipinski definition) is 5. The number of nitrogen functional groups attached to an aromatic ring is 1. The molecule has 4 aromatic rings. The second kappa shape index (κ2) is 5.96. The second-order valence-electron chi connectivity index (χ2n) is 5.67. The van der Waals surface area contributed by atoms with Crippen LogP contribution in [0.1, 0.15) is 16.1 Å². The largest absolute Gasteiger partial charge is 0.384 e. The predicted molar refractivity (Wildman–Crippen MR) is 93.6 cm³/mol. The molecule has 3 heterocycles. The summed E-state index contributed by atoms with van der Waals surface area (Å²) in [5.74, 6) is -0.285. The van der Waals surface area contributed by atoms with Gasteiger partial charge in [-0.15, -0.1) is 0 Å². The maximum Gasteiger partial charge on any atom is 0.262 e. The Labute approximate surface area is 147 Å². The Balaban J connectivity index is 1.72. The van der Waals surface area contributed by atoms with E-state index in [0.717, 1.165) is 0 Å². The van der Waals surface area contributed by atoms with Gasteiger partial charge in [0.2, 0.25) is 0 Å². The zero-order valence-corrected chi connectivity index (χ0v) is 13.7. The zero-order valence-electron chi connectivity index (χ0n) is 13.7. The highest BCUT2D eigenvalue weighted by molar-refractivity contribution is 6.08. The van der Waals surface area contributed by atoms with E-state index < -0.39 is 11.7 Å². The molecule has 26 heavy (non-hydrogen) atoms. The lowest BCUT2D eigenvalue weighted by atomic mass is 10.3. The monoisotopic (exact) mass is 351 g/mol. The molecule has 0 bridgehead atoms. The highest BCUT2D eigenvalue weighted by atomic mass is 19.1. The van der Waals surface area contributed by atoms with Crippen molar-refractivity contribution in [1.82, 2.24) is 24.4 Å². The van der Waals surface area contributed by atoms with Crippen LogP contribution in [0.3, 0.4) is 0 Å². The summed E-state index contributed by atoms with van der Waals surface area (Å²) in [6, 6.07) is 9.42. The molecule has 3 aromatic heterocycles. The summed E-state index contributed by atoms with van der Waals surface area (Å²) in [5, 5.41) is 11.1. The Morgan fingerprint density at radius 3 is 2.88 bits per heavy atom. The first-order valence-corrected chi connectivity index (χ1v) is 7.76. The minimum atomic E-state index is -0.449. The molecule has 4 rings (SSSR count). The van der Waals surface area contributed by atoms with E-state index >= 15 is 0 Å². The quantitative estimate of drug-likeness (QED) is 0.589. The van der Waals surface area contributed by atoms with Gasteiger partial charge in [-0.2, -0.15) is 10.2 Å². The number of aryl methyl sites for hydroxylation is 1. The van der Waals surface area contributed by atoms with E-state index in [1.807, 2.05) is 0 Å². The number of fused-ring (bicyclic) bond motifs is 1. The van der Waals surface area contributed by atoms with Crippen LogP contribution in [-0.2, 0) is 0 Å². The molecule has 0 aliphatic rings. The first-order chi connectivity index (χ1) is 12.5. The summed E-state index contributed by atoms with van der Waals surface area (Å²) >= 11 is 0. The van der Waals surface area contributed by atoms with E-state index in [0.29, 0.717) is 17.2 Å². The number of rotatable bonds is 3. The number of carbonyl (C=O) groups excluding carboxylic acids is 1. The fourth-order valence-corrected chi connectivity index (χ4v) is 2.62. The Kier molecular flexibility index (Phi) is 3.61. The Bertz CT molecular complexity index is 1130. The maximum atomic E-state index is 14.1. The normalized spacial score (nSPS) is 11.0. The third-order valence-corrected chi connectivity index (χ3v) is 3.79. The van der Waals surface area contributed by atoms with E-state index in [1.165, 1.54) is 21.5 Å². The van der Waals surface area contributed by atoms with E-state index in [2.05, 4.69) is 20.5 Å². The number of amides is 1. The van der Waals surface area contributed by atoms with Gasteiger partial charge in [0.25, 0.3) is 5.91 Å². The molecule has 0 spiro atoms. The molecule has 3 N–H and O–H groups in total. The summed E-state index contributed by atoms with van der Waals surface area (Å²) in [5.41, 5.74) is 7.13. The van der Waals surface area contributed by atoms with E-state index in [4.69, 9.17) is 5.73 Å². The van der Waals surface area contributed by atoms with Crippen LogP contribution >= 0.6 is 0 Å². The first-order valence-electron chi connectivity index (χ1n) is 7.76. The number of para-hydroxylation sites is 1. The van der Waals surface area contributed by atoms with Gasteiger partial charge in [0, 0.05) is 12.3 Å². The van der Waals surface area contributed by atoms with E-state index in [-0.39, 0.29) is 17.1 Å². The van der Waals surface area contributed by atoms with Crippen LogP contribution in [0.5, 0.6) is 0 Å². The summed E-state index contributed by atoms with van der Waals surface area (Å²) in [4.78, 5) is 16.8. The molecular weight excluding hydrogens is 337 g/mol. The van der Waals surface area contributed by atoms with Crippen LogP contribution in [0, 0.1) is 12.7 Å². The van der Waals surface area contributed by atoms with Crippen LogP contribution < -0.4 is 11.1 Å². The SMILES string of the molecule is Cc1cc(NC(=O)c2cnn3ccc(N)nc23)n(-c2ccccc2F)n1. The van der Waals surface area contributed by atoms with Crippen molar-refractivity contribution in [3.63, 3.8) is 0 Å². The van der Waals surface area contributed by atoms with Crippen LogP contribution in [0.4, 0.5) is 16.0 Å². The fraction of sp³-hybridized carbons (Fsp3) is 0.0588. The van der Waals surface area contributed by atoms with Crippen molar-refractivity contribution in [3.05, 3.63) is 65.9 Å². The number of nitrogens with zero attached hydrogens (tertiary/aromatic N) is 5. The van der Waals surface area contributed by atoms with E-state index in [1.54, 1.807) is 43.5 Å². The van der Waals surface area contributed by atoms with Gasteiger partial charge < -0.3 is 11.1 Å². The van der Waals surface area contributed by atoms with Gasteiger partial charge in [0.15, 0.2) is 5.65 Å². The molecule has 0 unspecified atom stereocenters. The van der Waals surface area contributed by atoms with Crippen LogP contribution in [0.15, 0.2) is 48.8 Å². The lowest BCUT2D eigenvalue weighted by molar-refractivity contribution is 0.102. The topological polar surface area (TPSA) is 103 Å². The number of halogens is 1. The Morgan fingerprint density at radius 2 is 2.08 bits per heavy atom. The summed E-state index contributed by atoms with van der Waals surface area (Å²) in [6.07, 6.45) is 3.01. The third kappa shape index (κ3) is 2.65. The number of carbonyl (C=O) groups is 1. The number of aromatic nitrogens is 5. The molecule has 0 radical (unpaired) electrons. The third-order valence-electron chi connectivity index (χ3n) is 3.79. The molecular formula is C17H14FN7O. The predicted octanol–water partition coefficient (Wildman–Crippen LogP) is 2.20. The molecule has 1 aromatic carbocycles.